The van der Waals surface area contributed by atoms with Gasteiger partial charge in [-0.3, -0.25) is 35.0 Å². The topological polar surface area (TPSA) is 102 Å². The van der Waals surface area contributed by atoms with Crippen molar-refractivity contribution in [3.05, 3.63) is 23.9 Å². The van der Waals surface area contributed by atoms with Crippen molar-refractivity contribution in [2.24, 2.45) is 10.9 Å². The monoisotopic (exact) mass is 322 g/mol. The molecule has 8 nitrogen and oxygen atoms in total. The summed E-state index contributed by atoms with van der Waals surface area (Å²) in [5, 5.41) is 10.8. The summed E-state index contributed by atoms with van der Waals surface area (Å²) in [6.07, 6.45) is 7.73. The van der Waals surface area contributed by atoms with Crippen LogP contribution >= 0.6 is 0 Å². The summed E-state index contributed by atoms with van der Waals surface area (Å²) in [7, 11) is 0. The maximum atomic E-state index is 12.4. The van der Waals surface area contributed by atoms with Gasteiger partial charge in [-0.25, -0.2) is 5.06 Å². The third-order valence-electron chi connectivity index (χ3n) is 3.13. The van der Waals surface area contributed by atoms with Crippen molar-refractivity contribution in [3.63, 3.8) is 0 Å². The number of hydroxylamine groups is 2. The molecule has 0 saturated heterocycles. The molecule has 0 aromatic rings. The van der Waals surface area contributed by atoms with E-state index >= 15 is 0 Å². The van der Waals surface area contributed by atoms with E-state index in [-0.39, 0.29) is 24.8 Å². The molecule has 0 radical (unpaired) electrons. The van der Waals surface area contributed by atoms with E-state index in [9.17, 15) is 19.6 Å². The van der Waals surface area contributed by atoms with Crippen molar-refractivity contribution in [2.45, 2.75) is 26.7 Å². The Hall–Kier alpha value is -2.48. The first-order valence-electron chi connectivity index (χ1n) is 7.40. The Morgan fingerprint density at radius 2 is 2.26 bits per heavy atom. The first-order valence-corrected chi connectivity index (χ1v) is 7.40. The van der Waals surface area contributed by atoms with Crippen LogP contribution in [0.5, 0.6) is 0 Å². The van der Waals surface area contributed by atoms with Gasteiger partial charge in [0, 0.05) is 31.0 Å². The fourth-order valence-electron chi connectivity index (χ4n) is 1.96. The lowest BCUT2D eigenvalue weighted by Crippen LogP contribution is -2.50. The number of amides is 3. The van der Waals surface area contributed by atoms with E-state index < -0.39 is 5.92 Å². The molecule has 1 heterocycles. The van der Waals surface area contributed by atoms with Crippen LogP contribution in [0.3, 0.4) is 0 Å². The third kappa shape index (κ3) is 6.03. The van der Waals surface area contributed by atoms with Gasteiger partial charge < -0.3 is 0 Å². The zero-order chi connectivity index (χ0) is 17.2. The zero-order valence-corrected chi connectivity index (χ0v) is 13.3. The van der Waals surface area contributed by atoms with Crippen LogP contribution in [0, 0.1) is 5.92 Å². The zero-order valence-electron chi connectivity index (χ0n) is 13.3. The van der Waals surface area contributed by atoms with Crippen LogP contribution < -0.4 is 5.43 Å². The van der Waals surface area contributed by atoms with Crippen molar-refractivity contribution in [2.75, 3.05) is 13.1 Å². The molecule has 0 aliphatic carbocycles. The maximum Gasteiger partial charge on any atom is 0.266 e. The van der Waals surface area contributed by atoms with Crippen LogP contribution in [-0.4, -0.2) is 52.8 Å². The molecule has 0 aromatic heterocycles. The van der Waals surface area contributed by atoms with Crippen molar-refractivity contribution < 1.29 is 19.6 Å². The number of rotatable bonds is 7. The number of hydrazine groups is 1. The Balaban J connectivity index is 2.73. The summed E-state index contributed by atoms with van der Waals surface area (Å²) in [6.45, 7) is 3.64. The van der Waals surface area contributed by atoms with Gasteiger partial charge in [0.05, 0.1) is 12.5 Å². The summed E-state index contributed by atoms with van der Waals surface area (Å²) in [5.74, 6) is -1.41. The molecule has 23 heavy (non-hydrogen) atoms. The average molecular weight is 322 g/mol. The number of nitrogens with zero attached hydrogens (tertiary/aromatic N) is 3. The van der Waals surface area contributed by atoms with Crippen LogP contribution in [0.25, 0.3) is 0 Å². The standard InChI is InChI=1S/C15H22N4O4/c1-3-9-19(15(22)12(2)10-18(23)11-20)17-14(21)13-5-4-7-16-8-6-13/h4-5,7-8,11-12,23H,3,6,9-10H2,1-2H3,(H,17,21). The smallest absolute Gasteiger partial charge is 0.266 e. The molecule has 0 bridgehead atoms. The van der Waals surface area contributed by atoms with Crippen LogP contribution in [0.15, 0.2) is 28.9 Å². The van der Waals surface area contributed by atoms with Gasteiger partial charge in [-0.1, -0.05) is 19.9 Å². The highest BCUT2D eigenvalue weighted by atomic mass is 16.5. The van der Waals surface area contributed by atoms with Crippen LogP contribution in [0.2, 0.25) is 0 Å². The predicted octanol–water partition coefficient (Wildman–Crippen LogP) is 0.654. The number of carbonyl (C=O) groups is 3. The molecule has 0 spiro atoms. The summed E-state index contributed by atoms with van der Waals surface area (Å²) in [4.78, 5) is 39.0. The molecule has 0 aromatic carbocycles. The quantitative estimate of drug-likeness (QED) is 0.408. The number of allylic oxidation sites excluding steroid dienone is 2. The van der Waals surface area contributed by atoms with E-state index in [4.69, 9.17) is 0 Å². The summed E-state index contributed by atoms with van der Waals surface area (Å²) in [5.41, 5.74) is 3.07. The van der Waals surface area contributed by atoms with Crippen LogP contribution in [-0.2, 0) is 14.4 Å². The molecule has 1 unspecified atom stereocenters. The molecule has 1 atom stereocenters. The molecule has 126 valence electrons. The Kier molecular flexibility index (Phi) is 7.69. The predicted molar refractivity (Wildman–Crippen MR) is 84.2 cm³/mol. The number of hydrogen-bond acceptors (Lipinski definition) is 5. The molecule has 0 fully saturated rings. The van der Waals surface area contributed by atoms with Crippen molar-refractivity contribution >= 4 is 24.4 Å². The van der Waals surface area contributed by atoms with Crippen molar-refractivity contribution in [3.8, 4) is 0 Å². The van der Waals surface area contributed by atoms with Gasteiger partial charge in [-0.2, -0.15) is 0 Å². The highest BCUT2D eigenvalue weighted by Gasteiger charge is 2.24. The lowest BCUT2D eigenvalue weighted by atomic mass is 10.1. The molecule has 0 saturated carbocycles. The Bertz CT molecular complexity index is 528. The Morgan fingerprint density at radius 1 is 1.52 bits per heavy atom. The van der Waals surface area contributed by atoms with E-state index in [0.29, 0.717) is 30.0 Å². The number of aliphatic imine (C=N–C) groups is 1. The largest absolute Gasteiger partial charge is 0.286 e. The second kappa shape index (κ2) is 9.52. The molecular weight excluding hydrogens is 300 g/mol. The van der Waals surface area contributed by atoms with Gasteiger partial charge in [-0.05, 0) is 12.5 Å². The Labute approximate surface area is 135 Å². The lowest BCUT2D eigenvalue weighted by Gasteiger charge is -2.27. The van der Waals surface area contributed by atoms with Gasteiger partial charge in [0.25, 0.3) is 5.91 Å². The van der Waals surface area contributed by atoms with Gasteiger partial charge in [0.15, 0.2) is 0 Å². The van der Waals surface area contributed by atoms with E-state index in [1.54, 1.807) is 31.5 Å². The van der Waals surface area contributed by atoms with E-state index in [1.165, 1.54) is 5.01 Å². The van der Waals surface area contributed by atoms with Gasteiger partial charge in [0.2, 0.25) is 12.3 Å². The highest BCUT2D eigenvalue weighted by molar-refractivity contribution is 5.97. The molecule has 1 rings (SSSR count). The molecule has 2 N–H and O–H groups in total. The van der Waals surface area contributed by atoms with Gasteiger partial charge in [-0.15, -0.1) is 0 Å². The molecule has 3 amide bonds. The summed E-state index contributed by atoms with van der Waals surface area (Å²) >= 11 is 0. The van der Waals surface area contributed by atoms with E-state index in [2.05, 4.69) is 10.4 Å². The molecular formula is C15H22N4O4. The minimum atomic E-state index is -0.651. The number of nitrogens with one attached hydrogen (secondary N) is 1. The second-order valence-corrected chi connectivity index (χ2v) is 5.13. The lowest BCUT2D eigenvalue weighted by molar-refractivity contribution is -0.158. The van der Waals surface area contributed by atoms with Crippen LogP contribution in [0.1, 0.15) is 26.7 Å². The number of hydrogen-bond donors (Lipinski definition) is 2. The van der Waals surface area contributed by atoms with Crippen molar-refractivity contribution in [1.29, 1.82) is 0 Å². The molecule has 1 aliphatic heterocycles. The first kappa shape index (κ1) is 18.6. The minimum Gasteiger partial charge on any atom is -0.286 e. The fourth-order valence-corrected chi connectivity index (χ4v) is 1.96. The van der Waals surface area contributed by atoms with Gasteiger partial charge in [0.1, 0.15) is 0 Å². The molecule has 8 heteroatoms. The molecule has 1 aliphatic rings. The first-order chi connectivity index (χ1) is 11.0. The van der Waals surface area contributed by atoms with Crippen LogP contribution in [0.4, 0.5) is 0 Å². The fraction of sp³-hybridized carbons (Fsp3) is 0.467. The summed E-state index contributed by atoms with van der Waals surface area (Å²) in [6, 6.07) is 0. The Morgan fingerprint density at radius 3 is 2.91 bits per heavy atom. The highest BCUT2D eigenvalue weighted by Crippen LogP contribution is 2.07. The van der Waals surface area contributed by atoms with Crippen molar-refractivity contribution in [1.82, 2.24) is 15.5 Å². The second-order valence-electron chi connectivity index (χ2n) is 5.13. The SMILES string of the molecule is CCCN(NC(=O)C1=CC=CN=CC1)C(=O)C(C)CN(O)C=O. The van der Waals surface area contributed by atoms with E-state index in [1.807, 2.05) is 6.92 Å². The number of carbonyl (C=O) groups excluding carboxylic acids is 3. The third-order valence-corrected chi connectivity index (χ3v) is 3.13. The minimum absolute atomic E-state index is 0.142. The van der Waals surface area contributed by atoms with Gasteiger partial charge >= 0.3 is 0 Å². The van der Waals surface area contributed by atoms with E-state index in [0.717, 1.165) is 0 Å². The maximum absolute atomic E-state index is 12.4. The normalized spacial score (nSPS) is 14.5. The average Bonchev–Trinajstić information content (AvgIpc) is 2.82. The summed E-state index contributed by atoms with van der Waals surface area (Å²) < 4.78 is 0.